The zero-order chi connectivity index (χ0) is 13.9. The van der Waals surface area contributed by atoms with Crippen molar-refractivity contribution in [2.24, 2.45) is 5.92 Å². The van der Waals surface area contributed by atoms with Crippen LogP contribution in [0, 0.1) is 5.92 Å². The Hall–Kier alpha value is -0.570. The van der Waals surface area contributed by atoms with Gasteiger partial charge in [0.1, 0.15) is 0 Å². The van der Waals surface area contributed by atoms with Crippen molar-refractivity contribution in [3.8, 4) is 0 Å². The number of nitrogens with one attached hydrogen (secondary N) is 1. The van der Waals surface area contributed by atoms with Gasteiger partial charge >= 0.3 is 0 Å². The third-order valence-electron chi connectivity index (χ3n) is 4.25. The fourth-order valence-electron chi connectivity index (χ4n) is 2.89. The summed E-state index contributed by atoms with van der Waals surface area (Å²) in [5.41, 5.74) is 0. The molecule has 3 heteroatoms. The number of hydrogen-bond acceptors (Lipinski definition) is 2. The Bertz CT molecular complexity index is 237. The first-order valence-electron chi connectivity index (χ1n) is 8.17. The molecule has 1 aliphatic carbocycles. The van der Waals surface area contributed by atoms with Gasteiger partial charge in [-0.25, -0.2) is 0 Å². The van der Waals surface area contributed by atoms with E-state index >= 15 is 0 Å². The fourth-order valence-corrected chi connectivity index (χ4v) is 2.89. The minimum Gasteiger partial charge on any atom is -0.393 e. The molecule has 0 aliphatic heterocycles. The van der Waals surface area contributed by atoms with E-state index in [9.17, 15) is 9.90 Å². The van der Waals surface area contributed by atoms with Crippen molar-refractivity contribution in [2.45, 2.75) is 83.7 Å². The molecule has 0 unspecified atom stereocenters. The molecule has 0 aromatic heterocycles. The molecule has 0 spiro atoms. The summed E-state index contributed by atoms with van der Waals surface area (Å²) in [6, 6.07) is 0. The molecule has 1 aliphatic rings. The summed E-state index contributed by atoms with van der Waals surface area (Å²) >= 11 is 0. The Morgan fingerprint density at radius 2 is 2.00 bits per heavy atom. The molecule has 0 aromatic rings. The van der Waals surface area contributed by atoms with E-state index in [1.807, 2.05) is 6.92 Å². The lowest BCUT2D eigenvalue weighted by atomic mass is 9.86. The zero-order valence-corrected chi connectivity index (χ0v) is 12.5. The van der Waals surface area contributed by atoms with Crippen LogP contribution in [0.2, 0.25) is 0 Å². The minimum atomic E-state index is -0.205. The van der Waals surface area contributed by atoms with Crippen molar-refractivity contribution in [1.29, 1.82) is 0 Å². The van der Waals surface area contributed by atoms with E-state index in [0.717, 1.165) is 31.6 Å². The molecule has 2 N–H and O–H groups in total. The van der Waals surface area contributed by atoms with Gasteiger partial charge in [0, 0.05) is 13.0 Å². The van der Waals surface area contributed by atoms with Crippen LogP contribution in [0.4, 0.5) is 0 Å². The molecule has 0 radical (unpaired) electrons. The fraction of sp³-hybridized carbons (Fsp3) is 0.938. The summed E-state index contributed by atoms with van der Waals surface area (Å²) in [6.07, 6.45) is 12.1. The van der Waals surface area contributed by atoms with Gasteiger partial charge in [-0.05, 0) is 38.0 Å². The number of amides is 1. The first-order chi connectivity index (χ1) is 9.22. The second-order valence-corrected chi connectivity index (χ2v) is 5.95. The Morgan fingerprint density at radius 3 is 2.68 bits per heavy atom. The number of aliphatic hydroxyl groups excluding tert-OH is 1. The molecule has 1 saturated carbocycles. The molecule has 1 fully saturated rings. The van der Waals surface area contributed by atoms with Gasteiger partial charge in [0.25, 0.3) is 0 Å². The maximum Gasteiger partial charge on any atom is 0.219 e. The normalized spacial score (nSPS) is 18.2. The van der Waals surface area contributed by atoms with Crippen molar-refractivity contribution >= 4 is 5.91 Å². The summed E-state index contributed by atoms with van der Waals surface area (Å²) in [6.45, 7) is 2.69. The third kappa shape index (κ3) is 8.25. The van der Waals surface area contributed by atoms with Crippen molar-refractivity contribution < 1.29 is 9.90 Å². The van der Waals surface area contributed by atoms with Crippen LogP contribution >= 0.6 is 0 Å². The van der Waals surface area contributed by atoms with Crippen LogP contribution < -0.4 is 5.32 Å². The maximum absolute atomic E-state index is 11.6. The monoisotopic (exact) mass is 269 g/mol. The average Bonchev–Trinajstić information content (AvgIpc) is 2.44. The van der Waals surface area contributed by atoms with E-state index in [1.165, 1.54) is 38.5 Å². The molecular formula is C16H31NO2. The van der Waals surface area contributed by atoms with Crippen molar-refractivity contribution in [3.05, 3.63) is 0 Å². The topological polar surface area (TPSA) is 49.3 Å². The molecule has 0 saturated heterocycles. The molecule has 19 heavy (non-hydrogen) atoms. The van der Waals surface area contributed by atoms with Crippen LogP contribution in [0.25, 0.3) is 0 Å². The summed E-state index contributed by atoms with van der Waals surface area (Å²) < 4.78 is 0. The molecule has 0 heterocycles. The van der Waals surface area contributed by atoms with Gasteiger partial charge in [-0.15, -0.1) is 0 Å². The predicted molar refractivity (Wildman–Crippen MR) is 79.0 cm³/mol. The van der Waals surface area contributed by atoms with Gasteiger partial charge in [-0.2, -0.15) is 0 Å². The predicted octanol–water partition coefficient (Wildman–Crippen LogP) is 3.40. The molecule has 3 nitrogen and oxygen atoms in total. The van der Waals surface area contributed by atoms with E-state index in [0.29, 0.717) is 13.0 Å². The highest BCUT2D eigenvalue weighted by Gasteiger charge is 2.13. The second-order valence-electron chi connectivity index (χ2n) is 5.95. The van der Waals surface area contributed by atoms with Crippen molar-refractivity contribution in [1.82, 2.24) is 5.32 Å². The van der Waals surface area contributed by atoms with Gasteiger partial charge in [0.05, 0.1) is 6.10 Å². The van der Waals surface area contributed by atoms with E-state index in [1.54, 1.807) is 0 Å². The number of aliphatic hydroxyl groups is 1. The first-order valence-corrected chi connectivity index (χ1v) is 8.17. The number of carbonyl (C=O) groups is 1. The smallest absolute Gasteiger partial charge is 0.219 e. The molecule has 0 bridgehead atoms. The Kier molecular flexibility index (Phi) is 8.89. The molecule has 1 atom stereocenters. The molecule has 1 amide bonds. The average molecular weight is 269 g/mol. The lowest BCUT2D eigenvalue weighted by molar-refractivity contribution is -0.121. The van der Waals surface area contributed by atoms with Crippen LogP contribution in [0.1, 0.15) is 77.6 Å². The highest BCUT2D eigenvalue weighted by molar-refractivity contribution is 5.75. The summed E-state index contributed by atoms with van der Waals surface area (Å²) in [5, 5.41) is 12.3. The Balaban J connectivity index is 1.92. The van der Waals surface area contributed by atoms with Crippen molar-refractivity contribution in [2.75, 3.05) is 6.54 Å². The summed E-state index contributed by atoms with van der Waals surface area (Å²) in [5.74, 6) is 1.06. The van der Waals surface area contributed by atoms with Gasteiger partial charge in [-0.3, -0.25) is 4.79 Å². The zero-order valence-electron chi connectivity index (χ0n) is 12.5. The van der Waals surface area contributed by atoms with Crippen molar-refractivity contribution in [3.63, 3.8) is 0 Å². The van der Waals surface area contributed by atoms with Crippen LogP contribution in [-0.4, -0.2) is 23.7 Å². The van der Waals surface area contributed by atoms with Crippen LogP contribution in [0.15, 0.2) is 0 Å². The SMILES string of the molecule is CC[C@@H](O)CCCNC(=O)CCCC1CCCCC1. The van der Waals surface area contributed by atoms with E-state index in [2.05, 4.69) is 5.32 Å². The van der Waals surface area contributed by atoms with Gasteiger partial charge in [-0.1, -0.05) is 39.0 Å². The van der Waals surface area contributed by atoms with E-state index in [-0.39, 0.29) is 12.0 Å². The van der Waals surface area contributed by atoms with Gasteiger partial charge in [0.2, 0.25) is 5.91 Å². The largest absolute Gasteiger partial charge is 0.393 e. The van der Waals surface area contributed by atoms with Gasteiger partial charge < -0.3 is 10.4 Å². The Labute approximate surface area is 118 Å². The number of rotatable bonds is 9. The standard InChI is InChI=1S/C16H31NO2/c1-2-15(18)11-7-13-17-16(19)12-6-10-14-8-4-3-5-9-14/h14-15,18H,2-13H2,1H3,(H,17,19)/t15-/m1/s1. The number of hydrogen-bond donors (Lipinski definition) is 2. The first kappa shape index (κ1) is 16.5. The lowest BCUT2D eigenvalue weighted by Gasteiger charge is -2.21. The molecule has 1 rings (SSSR count). The van der Waals surface area contributed by atoms with E-state index in [4.69, 9.17) is 0 Å². The molecule has 0 aromatic carbocycles. The summed E-state index contributed by atoms with van der Waals surface area (Å²) in [4.78, 5) is 11.6. The summed E-state index contributed by atoms with van der Waals surface area (Å²) in [7, 11) is 0. The van der Waals surface area contributed by atoms with Crippen LogP contribution in [0.5, 0.6) is 0 Å². The van der Waals surface area contributed by atoms with Gasteiger partial charge in [0.15, 0.2) is 0 Å². The molecular weight excluding hydrogens is 238 g/mol. The Morgan fingerprint density at radius 1 is 1.26 bits per heavy atom. The van der Waals surface area contributed by atoms with Crippen LogP contribution in [-0.2, 0) is 4.79 Å². The third-order valence-corrected chi connectivity index (χ3v) is 4.25. The highest BCUT2D eigenvalue weighted by atomic mass is 16.3. The maximum atomic E-state index is 11.6. The van der Waals surface area contributed by atoms with Crippen LogP contribution in [0.3, 0.4) is 0 Å². The molecule has 112 valence electrons. The lowest BCUT2D eigenvalue weighted by Crippen LogP contribution is -2.25. The highest BCUT2D eigenvalue weighted by Crippen LogP contribution is 2.27. The number of carbonyl (C=O) groups excluding carboxylic acids is 1. The quantitative estimate of drug-likeness (QED) is 0.630. The second kappa shape index (κ2) is 10.2. The minimum absolute atomic E-state index is 0.182. The van der Waals surface area contributed by atoms with E-state index < -0.39 is 0 Å².